The number of para-hydroxylation sites is 3. The van der Waals surface area contributed by atoms with Gasteiger partial charge in [-0.15, -0.1) is 5.10 Å². The molecule has 0 bridgehead atoms. The Balaban J connectivity index is 1.49. The number of hydrogen-bond acceptors (Lipinski definition) is 5. The Kier molecular flexibility index (Phi) is 5.33. The van der Waals surface area contributed by atoms with Crippen molar-refractivity contribution >= 4 is 16.9 Å². The summed E-state index contributed by atoms with van der Waals surface area (Å²) < 4.78 is 3.73. The molecule has 29 heavy (non-hydrogen) atoms. The molecule has 1 N–H and O–H groups in total. The molecule has 0 atom stereocenters. The van der Waals surface area contributed by atoms with Crippen LogP contribution in [0, 0.1) is 5.92 Å². The van der Waals surface area contributed by atoms with E-state index in [1.54, 1.807) is 6.07 Å². The molecule has 0 aliphatic heterocycles. The van der Waals surface area contributed by atoms with Gasteiger partial charge >= 0.3 is 0 Å². The fourth-order valence-electron chi connectivity index (χ4n) is 3.41. The van der Waals surface area contributed by atoms with Crippen LogP contribution >= 0.6 is 0 Å². The van der Waals surface area contributed by atoms with Crippen LogP contribution in [0.4, 0.5) is 0 Å². The minimum Gasteiger partial charge on any atom is -0.352 e. The van der Waals surface area contributed by atoms with Crippen LogP contribution in [0.5, 0.6) is 0 Å². The molecule has 0 fully saturated rings. The third-order valence-corrected chi connectivity index (χ3v) is 4.66. The standard InChI is InChI=1S/C21H23N7O/c1-15(2)13-27-19-10-6-4-8-17(19)24-20(27)11-12-22-21(29)16-7-3-5-9-18(16)28-14-23-25-26-28/h3-10,14-15H,11-13H2,1-2H3,(H,22,29). The molecule has 4 rings (SSSR count). The SMILES string of the molecule is CC(C)Cn1c(CCNC(=O)c2ccccc2-n2cnnn2)nc2ccccc21. The molecular weight excluding hydrogens is 366 g/mol. The number of nitrogens with zero attached hydrogens (tertiary/aromatic N) is 6. The topological polar surface area (TPSA) is 90.5 Å². The molecule has 0 unspecified atom stereocenters. The van der Waals surface area contributed by atoms with Gasteiger partial charge in [0.2, 0.25) is 0 Å². The van der Waals surface area contributed by atoms with Crippen molar-refractivity contribution in [3.8, 4) is 5.69 Å². The van der Waals surface area contributed by atoms with Crippen LogP contribution in [-0.2, 0) is 13.0 Å². The number of amides is 1. The summed E-state index contributed by atoms with van der Waals surface area (Å²) in [6, 6.07) is 15.4. The van der Waals surface area contributed by atoms with Gasteiger partial charge in [0.05, 0.1) is 22.3 Å². The number of tetrazole rings is 1. The molecule has 0 radical (unpaired) electrons. The molecule has 0 saturated carbocycles. The first-order chi connectivity index (χ1) is 14.1. The Morgan fingerprint density at radius 3 is 2.69 bits per heavy atom. The van der Waals surface area contributed by atoms with E-state index in [0.717, 1.165) is 23.4 Å². The lowest BCUT2D eigenvalue weighted by Gasteiger charge is -2.13. The summed E-state index contributed by atoms with van der Waals surface area (Å²) in [5.74, 6) is 1.32. The Morgan fingerprint density at radius 2 is 1.90 bits per heavy atom. The maximum absolute atomic E-state index is 12.8. The third kappa shape index (κ3) is 4.01. The van der Waals surface area contributed by atoms with Crippen LogP contribution < -0.4 is 5.32 Å². The van der Waals surface area contributed by atoms with Crippen molar-refractivity contribution in [3.63, 3.8) is 0 Å². The largest absolute Gasteiger partial charge is 0.352 e. The van der Waals surface area contributed by atoms with E-state index in [-0.39, 0.29) is 5.91 Å². The van der Waals surface area contributed by atoms with E-state index in [2.05, 4.69) is 45.3 Å². The first-order valence-electron chi connectivity index (χ1n) is 9.68. The maximum Gasteiger partial charge on any atom is 0.253 e. The Morgan fingerprint density at radius 1 is 1.10 bits per heavy atom. The van der Waals surface area contributed by atoms with E-state index in [1.165, 1.54) is 11.0 Å². The van der Waals surface area contributed by atoms with E-state index < -0.39 is 0 Å². The quantitative estimate of drug-likeness (QED) is 0.525. The number of carbonyl (C=O) groups excluding carboxylic acids is 1. The molecule has 0 spiro atoms. The summed E-state index contributed by atoms with van der Waals surface area (Å²) in [6.07, 6.45) is 2.13. The monoisotopic (exact) mass is 389 g/mol. The number of hydrogen-bond donors (Lipinski definition) is 1. The van der Waals surface area contributed by atoms with Crippen LogP contribution in [0.15, 0.2) is 54.9 Å². The second-order valence-electron chi connectivity index (χ2n) is 7.30. The maximum atomic E-state index is 12.8. The minimum absolute atomic E-state index is 0.164. The van der Waals surface area contributed by atoms with Crippen molar-refractivity contribution in [2.75, 3.05) is 6.54 Å². The van der Waals surface area contributed by atoms with Crippen molar-refractivity contribution < 1.29 is 4.79 Å². The molecule has 2 aromatic heterocycles. The number of rotatable bonds is 7. The zero-order valence-corrected chi connectivity index (χ0v) is 16.5. The van der Waals surface area contributed by atoms with Gasteiger partial charge in [-0.25, -0.2) is 4.98 Å². The van der Waals surface area contributed by atoms with Crippen molar-refractivity contribution in [2.45, 2.75) is 26.8 Å². The lowest BCUT2D eigenvalue weighted by Crippen LogP contribution is -2.27. The lowest BCUT2D eigenvalue weighted by atomic mass is 10.1. The van der Waals surface area contributed by atoms with Crippen molar-refractivity contribution in [3.05, 3.63) is 66.2 Å². The molecule has 8 heteroatoms. The second-order valence-corrected chi connectivity index (χ2v) is 7.30. The summed E-state index contributed by atoms with van der Waals surface area (Å²) in [7, 11) is 0. The molecule has 148 valence electrons. The molecule has 0 saturated heterocycles. The number of nitrogens with one attached hydrogen (secondary N) is 1. The van der Waals surface area contributed by atoms with E-state index in [4.69, 9.17) is 4.98 Å². The predicted molar refractivity (Wildman–Crippen MR) is 110 cm³/mol. The Labute approximate surface area is 168 Å². The average Bonchev–Trinajstić information content (AvgIpc) is 3.37. The summed E-state index contributed by atoms with van der Waals surface area (Å²) in [5.41, 5.74) is 3.28. The second kappa shape index (κ2) is 8.22. The highest BCUT2D eigenvalue weighted by Gasteiger charge is 2.15. The molecule has 4 aromatic rings. The van der Waals surface area contributed by atoms with Crippen LogP contribution in [0.25, 0.3) is 16.7 Å². The normalized spacial score (nSPS) is 11.3. The predicted octanol–water partition coefficient (Wildman–Crippen LogP) is 2.64. The molecule has 2 aromatic carbocycles. The van der Waals surface area contributed by atoms with Crippen molar-refractivity contribution in [2.24, 2.45) is 5.92 Å². The lowest BCUT2D eigenvalue weighted by molar-refractivity contribution is 0.0953. The minimum atomic E-state index is -0.164. The van der Waals surface area contributed by atoms with Gasteiger partial charge in [0.15, 0.2) is 0 Å². The Hall–Kier alpha value is -3.55. The smallest absolute Gasteiger partial charge is 0.253 e. The Bertz CT molecular complexity index is 1120. The van der Waals surface area contributed by atoms with Gasteiger partial charge in [0.1, 0.15) is 12.2 Å². The summed E-state index contributed by atoms with van der Waals surface area (Å²) >= 11 is 0. The first-order valence-corrected chi connectivity index (χ1v) is 9.68. The average molecular weight is 389 g/mol. The van der Waals surface area contributed by atoms with Gasteiger partial charge in [-0.05, 0) is 40.6 Å². The third-order valence-electron chi connectivity index (χ3n) is 4.66. The summed E-state index contributed by atoms with van der Waals surface area (Å²) in [4.78, 5) is 17.5. The molecule has 0 aliphatic rings. The number of benzene rings is 2. The van der Waals surface area contributed by atoms with Crippen LogP contribution in [0.2, 0.25) is 0 Å². The van der Waals surface area contributed by atoms with Crippen molar-refractivity contribution in [1.29, 1.82) is 0 Å². The van der Waals surface area contributed by atoms with E-state index in [0.29, 0.717) is 30.1 Å². The van der Waals surface area contributed by atoms with E-state index >= 15 is 0 Å². The first kappa shape index (κ1) is 18.8. The molecular formula is C21H23N7O. The highest BCUT2D eigenvalue weighted by Crippen LogP contribution is 2.18. The van der Waals surface area contributed by atoms with Gasteiger partial charge in [0.25, 0.3) is 5.91 Å². The number of carbonyl (C=O) groups is 1. The number of fused-ring (bicyclic) bond motifs is 1. The van der Waals surface area contributed by atoms with Gasteiger partial charge in [0, 0.05) is 19.5 Å². The number of aromatic nitrogens is 6. The molecule has 8 nitrogen and oxygen atoms in total. The van der Waals surface area contributed by atoms with Gasteiger partial charge in [-0.1, -0.05) is 38.1 Å². The van der Waals surface area contributed by atoms with Crippen molar-refractivity contribution in [1.82, 2.24) is 35.1 Å². The van der Waals surface area contributed by atoms with Crippen LogP contribution in [-0.4, -0.2) is 42.2 Å². The van der Waals surface area contributed by atoms with Gasteiger partial charge in [-0.2, -0.15) is 4.68 Å². The number of imidazole rings is 1. The van der Waals surface area contributed by atoms with Gasteiger partial charge < -0.3 is 9.88 Å². The highest BCUT2D eigenvalue weighted by molar-refractivity contribution is 5.97. The zero-order chi connectivity index (χ0) is 20.2. The van der Waals surface area contributed by atoms with Crippen LogP contribution in [0.1, 0.15) is 30.0 Å². The fraction of sp³-hybridized carbons (Fsp3) is 0.286. The van der Waals surface area contributed by atoms with Gasteiger partial charge in [-0.3, -0.25) is 4.79 Å². The molecule has 2 heterocycles. The summed E-state index contributed by atoms with van der Waals surface area (Å²) in [5, 5.41) is 14.2. The van der Waals surface area contributed by atoms with E-state index in [1.807, 2.05) is 36.4 Å². The summed E-state index contributed by atoms with van der Waals surface area (Å²) in [6.45, 7) is 5.77. The molecule has 0 aliphatic carbocycles. The van der Waals surface area contributed by atoms with E-state index in [9.17, 15) is 4.79 Å². The molecule has 1 amide bonds. The highest BCUT2D eigenvalue weighted by atomic mass is 16.1. The fourth-order valence-corrected chi connectivity index (χ4v) is 3.41. The zero-order valence-electron chi connectivity index (χ0n) is 16.5. The van der Waals surface area contributed by atoms with Crippen LogP contribution in [0.3, 0.4) is 0 Å².